The fraction of sp³-hybridized carbons (Fsp3) is 0.320. The molecule has 1 saturated heterocycles. The van der Waals surface area contributed by atoms with Crippen LogP contribution in [0.4, 0.5) is 0 Å². The van der Waals surface area contributed by atoms with Crippen molar-refractivity contribution in [2.24, 2.45) is 5.92 Å². The number of hydrogen-bond acceptors (Lipinski definition) is 4. The fourth-order valence-electron chi connectivity index (χ4n) is 4.07. The van der Waals surface area contributed by atoms with Crippen molar-refractivity contribution in [3.05, 3.63) is 71.8 Å². The molecule has 1 heterocycles. The maximum Gasteiger partial charge on any atom is 0.243 e. The van der Waals surface area contributed by atoms with Gasteiger partial charge in [0.1, 0.15) is 12.4 Å². The molecule has 0 spiro atoms. The second kappa shape index (κ2) is 10.1. The zero-order chi connectivity index (χ0) is 23.4. The summed E-state index contributed by atoms with van der Waals surface area (Å²) in [6, 6.07) is 20.0. The number of carbonyl (C=O) groups is 1. The van der Waals surface area contributed by atoms with E-state index in [2.05, 4.69) is 0 Å². The van der Waals surface area contributed by atoms with Gasteiger partial charge >= 0.3 is 0 Å². The number of benzene rings is 3. The van der Waals surface area contributed by atoms with E-state index < -0.39 is 10.0 Å². The van der Waals surface area contributed by atoms with Crippen molar-refractivity contribution in [1.29, 1.82) is 0 Å². The van der Waals surface area contributed by atoms with Crippen LogP contribution in [0, 0.1) is 5.92 Å². The van der Waals surface area contributed by atoms with Crippen LogP contribution in [-0.2, 0) is 14.8 Å². The van der Waals surface area contributed by atoms with Crippen molar-refractivity contribution in [2.75, 3.05) is 33.3 Å². The lowest BCUT2D eigenvalue weighted by atomic mass is 9.97. The van der Waals surface area contributed by atoms with E-state index in [0.29, 0.717) is 54.8 Å². The number of piperidine rings is 1. The summed E-state index contributed by atoms with van der Waals surface area (Å²) in [5.41, 5.74) is 0. The van der Waals surface area contributed by atoms with Crippen molar-refractivity contribution < 1.29 is 17.9 Å². The molecule has 0 radical (unpaired) electrons. The van der Waals surface area contributed by atoms with Crippen LogP contribution < -0.4 is 4.74 Å². The molecule has 4 rings (SSSR count). The topological polar surface area (TPSA) is 66.9 Å². The molecule has 1 aliphatic heterocycles. The van der Waals surface area contributed by atoms with Gasteiger partial charge in [-0.25, -0.2) is 8.42 Å². The third-order valence-corrected chi connectivity index (χ3v) is 8.19. The highest BCUT2D eigenvalue weighted by molar-refractivity contribution is 7.89. The number of fused-ring (bicyclic) bond motifs is 1. The number of ether oxygens (including phenoxy) is 1. The second-order valence-corrected chi connectivity index (χ2v) is 10.6. The normalized spacial score (nSPS) is 15.5. The van der Waals surface area contributed by atoms with Crippen LogP contribution in [0.5, 0.6) is 5.75 Å². The highest BCUT2D eigenvalue weighted by Gasteiger charge is 2.33. The van der Waals surface area contributed by atoms with Gasteiger partial charge in [0.15, 0.2) is 0 Å². The van der Waals surface area contributed by atoms with Crippen LogP contribution >= 0.6 is 11.6 Å². The Balaban J connectivity index is 1.30. The zero-order valence-electron chi connectivity index (χ0n) is 18.5. The molecule has 0 unspecified atom stereocenters. The van der Waals surface area contributed by atoms with Crippen LogP contribution in [0.2, 0.25) is 5.02 Å². The van der Waals surface area contributed by atoms with Gasteiger partial charge in [0.2, 0.25) is 15.9 Å². The Morgan fingerprint density at radius 2 is 1.70 bits per heavy atom. The molecule has 6 nitrogen and oxygen atoms in total. The summed E-state index contributed by atoms with van der Waals surface area (Å²) in [6.07, 6.45) is 1.02. The van der Waals surface area contributed by atoms with Gasteiger partial charge in [0.05, 0.1) is 11.4 Å². The first kappa shape index (κ1) is 23.5. The molecular weight excluding hydrogens is 460 g/mol. The molecule has 174 valence electrons. The predicted octanol–water partition coefficient (Wildman–Crippen LogP) is 4.43. The smallest absolute Gasteiger partial charge is 0.243 e. The van der Waals surface area contributed by atoms with Gasteiger partial charge in [-0.3, -0.25) is 4.79 Å². The van der Waals surface area contributed by atoms with E-state index in [1.807, 2.05) is 30.3 Å². The van der Waals surface area contributed by atoms with Gasteiger partial charge in [0.25, 0.3) is 0 Å². The van der Waals surface area contributed by atoms with Crippen LogP contribution in [0.25, 0.3) is 10.8 Å². The highest BCUT2D eigenvalue weighted by Crippen LogP contribution is 2.27. The first-order valence-corrected chi connectivity index (χ1v) is 12.8. The lowest BCUT2D eigenvalue weighted by Gasteiger charge is -2.32. The second-order valence-electron chi connectivity index (χ2n) is 8.25. The summed E-state index contributed by atoms with van der Waals surface area (Å²) in [5.74, 6) is 0.540. The third-order valence-electron chi connectivity index (χ3n) is 6.05. The summed E-state index contributed by atoms with van der Waals surface area (Å²) in [7, 11) is -1.84. The SMILES string of the molecule is CN(CCOc1ccc(Cl)cc1)C(=O)C1CCN(S(=O)(=O)c2ccc3ccccc3c2)CC1. The zero-order valence-corrected chi connectivity index (χ0v) is 20.1. The quantitative estimate of drug-likeness (QED) is 0.495. The molecule has 8 heteroatoms. The van der Waals surface area contributed by atoms with Crippen molar-refractivity contribution >= 4 is 38.3 Å². The van der Waals surface area contributed by atoms with E-state index >= 15 is 0 Å². The van der Waals surface area contributed by atoms with Crippen molar-refractivity contribution in [2.45, 2.75) is 17.7 Å². The summed E-state index contributed by atoms with van der Waals surface area (Å²) in [4.78, 5) is 14.8. The van der Waals surface area contributed by atoms with E-state index in [4.69, 9.17) is 16.3 Å². The van der Waals surface area contributed by atoms with E-state index in [-0.39, 0.29) is 11.8 Å². The maximum atomic E-state index is 13.1. The number of sulfonamides is 1. The summed E-state index contributed by atoms with van der Waals surface area (Å²) < 4.78 is 33.4. The molecule has 0 aliphatic carbocycles. The molecule has 0 bridgehead atoms. The van der Waals surface area contributed by atoms with Crippen LogP contribution in [0.15, 0.2) is 71.6 Å². The lowest BCUT2D eigenvalue weighted by Crippen LogP contribution is -2.44. The Bertz CT molecular complexity index is 1220. The van der Waals surface area contributed by atoms with Gasteiger partial charge in [0, 0.05) is 31.1 Å². The number of hydrogen-bond donors (Lipinski definition) is 0. The van der Waals surface area contributed by atoms with Crippen molar-refractivity contribution in [3.8, 4) is 5.75 Å². The Hall–Kier alpha value is -2.61. The number of carbonyl (C=O) groups excluding carboxylic acids is 1. The van der Waals surface area contributed by atoms with E-state index in [0.717, 1.165) is 10.8 Å². The van der Waals surface area contributed by atoms with E-state index in [1.165, 1.54) is 4.31 Å². The predicted molar refractivity (Wildman–Crippen MR) is 130 cm³/mol. The molecule has 3 aromatic rings. The van der Waals surface area contributed by atoms with Crippen molar-refractivity contribution in [1.82, 2.24) is 9.21 Å². The van der Waals surface area contributed by atoms with Crippen LogP contribution in [0.1, 0.15) is 12.8 Å². The standard InChI is InChI=1S/C25H27ClN2O4S/c1-27(16-17-32-23-9-7-22(26)8-10-23)25(29)20-12-14-28(15-13-20)33(30,31)24-11-6-19-4-2-3-5-21(19)18-24/h2-11,18,20H,12-17H2,1H3. The summed E-state index contributed by atoms with van der Waals surface area (Å²) >= 11 is 5.87. The number of likely N-dealkylation sites (N-methyl/N-ethyl adjacent to an activating group) is 1. The molecule has 0 saturated carbocycles. The highest BCUT2D eigenvalue weighted by atomic mass is 35.5. The first-order valence-electron chi connectivity index (χ1n) is 11.0. The number of halogens is 1. The Kier molecular flexibility index (Phi) is 7.22. The van der Waals surface area contributed by atoms with Gasteiger partial charge in [-0.1, -0.05) is 41.9 Å². The van der Waals surface area contributed by atoms with Gasteiger partial charge in [-0.15, -0.1) is 0 Å². The molecule has 1 amide bonds. The average Bonchev–Trinajstić information content (AvgIpc) is 2.84. The summed E-state index contributed by atoms with van der Waals surface area (Å²) in [5, 5.41) is 2.54. The van der Waals surface area contributed by atoms with Crippen LogP contribution in [0.3, 0.4) is 0 Å². The van der Waals surface area contributed by atoms with Gasteiger partial charge < -0.3 is 9.64 Å². The van der Waals surface area contributed by atoms with Gasteiger partial charge in [-0.05, 0) is 60.0 Å². The minimum atomic E-state index is -3.59. The monoisotopic (exact) mass is 486 g/mol. The number of nitrogens with zero attached hydrogens (tertiary/aromatic N) is 2. The van der Waals surface area contributed by atoms with E-state index in [9.17, 15) is 13.2 Å². The lowest BCUT2D eigenvalue weighted by molar-refractivity contribution is -0.135. The van der Waals surface area contributed by atoms with Gasteiger partial charge in [-0.2, -0.15) is 4.31 Å². The average molecular weight is 487 g/mol. The molecular formula is C25H27ClN2O4S. The number of amides is 1. The number of rotatable bonds is 7. The molecule has 1 fully saturated rings. The first-order chi connectivity index (χ1) is 15.8. The molecule has 3 aromatic carbocycles. The maximum absolute atomic E-state index is 13.1. The molecule has 0 atom stereocenters. The van der Waals surface area contributed by atoms with E-state index in [1.54, 1.807) is 48.3 Å². The summed E-state index contributed by atoms with van der Waals surface area (Å²) in [6.45, 7) is 1.50. The largest absolute Gasteiger partial charge is 0.492 e. The Morgan fingerprint density at radius 1 is 1.03 bits per heavy atom. The fourth-order valence-corrected chi connectivity index (χ4v) is 5.70. The molecule has 33 heavy (non-hydrogen) atoms. The molecule has 1 aliphatic rings. The van der Waals surface area contributed by atoms with Crippen molar-refractivity contribution in [3.63, 3.8) is 0 Å². The minimum Gasteiger partial charge on any atom is -0.492 e. The minimum absolute atomic E-state index is 0.0254. The Morgan fingerprint density at radius 3 is 2.39 bits per heavy atom. The third kappa shape index (κ3) is 5.49. The van der Waals surface area contributed by atoms with Crippen LogP contribution in [-0.4, -0.2) is 56.8 Å². The molecule has 0 aromatic heterocycles. The Labute approximate surface area is 199 Å². The molecule has 0 N–H and O–H groups in total.